The van der Waals surface area contributed by atoms with Gasteiger partial charge in [0, 0.05) is 38.4 Å². The molecule has 2 N–H and O–H groups in total. The zero-order chi connectivity index (χ0) is 24.4. The molecule has 3 aromatic rings. The Morgan fingerprint density at radius 2 is 1.97 bits per heavy atom. The number of phenols is 1. The molecule has 0 saturated carbocycles. The molecule has 35 heavy (non-hydrogen) atoms. The summed E-state index contributed by atoms with van der Waals surface area (Å²) in [5, 5.41) is 21.0. The minimum absolute atomic E-state index is 0.00383. The van der Waals surface area contributed by atoms with Gasteiger partial charge in [-0.05, 0) is 41.8 Å². The van der Waals surface area contributed by atoms with Gasteiger partial charge in [0.05, 0.1) is 13.2 Å². The maximum atomic E-state index is 13.0. The van der Waals surface area contributed by atoms with E-state index >= 15 is 0 Å². The Hall–Kier alpha value is -4.08. The van der Waals surface area contributed by atoms with Gasteiger partial charge in [0.25, 0.3) is 0 Å². The number of nitrogens with zero attached hydrogens (tertiary/aromatic N) is 4. The molecule has 2 amide bonds. The summed E-state index contributed by atoms with van der Waals surface area (Å²) < 4.78 is 13.3. The van der Waals surface area contributed by atoms with Crippen LogP contribution in [0.4, 0.5) is 0 Å². The van der Waals surface area contributed by atoms with Crippen molar-refractivity contribution in [3.63, 3.8) is 0 Å². The van der Waals surface area contributed by atoms with Crippen LogP contribution in [0.3, 0.4) is 0 Å². The summed E-state index contributed by atoms with van der Waals surface area (Å²) in [7, 11) is 1.56. The number of aromatic nitrogens is 3. The molecule has 2 atom stereocenters. The fraction of sp³-hybridized carbons (Fsp3) is 0.360. The second-order valence-corrected chi connectivity index (χ2v) is 8.84. The Morgan fingerprint density at radius 1 is 1.14 bits per heavy atom. The first kappa shape index (κ1) is 22.7. The Labute approximate surface area is 202 Å². The normalized spacial score (nSPS) is 19.5. The van der Waals surface area contributed by atoms with Crippen molar-refractivity contribution in [3.8, 4) is 23.0 Å². The Kier molecular flexibility index (Phi) is 6.26. The number of aromatic hydroxyl groups is 1. The number of carbonyl (C=O) groups is 2. The average Bonchev–Trinajstić information content (AvgIpc) is 3.53. The first-order valence-electron chi connectivity index (χ1n) is 11.6. The number of nitrogens with one attached hydrogen (secondary N) is 1. The maximum absolute atomic E-state index is 13.0. The molecule has 2 aliphatic heterocycles. The van der Waals surface area contributed by atoms with Crippen molar-refractivity contribution >= 4 is 11.8 Å². The quantitative estimate of drug-likeness (QED) is 0.592. The molecule has 10 nitrogen and oxygen atoms in total. The number of fused-ring (bicyclic) bond motifs is 6. The molecule has 3 heterocycles. The summed E-state index contributed by atoms with van der Waals surface area (Å²) in [6.07, 6.45) is 4.26. The third-order valence-electron chi connectivity index (χ3n) is 6.57. The van der Waals surface area contributed by atoms with Gasteiger partial charge in [-0.25, -0.2) is 0 Å². The average molecular weight is 478 g/mol. The Balaban J connectivity index is 1.44. The number of methoxy groups -OCH3 is 1. The first-order chi connectivity index (χ1) is 17.0. The number of carbonyl (C=O) groups excluding carboxylic acids is 2. The van der Waals surface area contributed by atoms with Crippen molar-refractivity contribution in [1.29, 1.82) is 0 Å². The molecule has 1 saturated heterocycles. The SMILES string of the molecule is COc1ccc2cc1Oc1cc(ccc1O)CCC(=O)N[C@@H]1CN(C(=O)CCn3cnnc3)C[C@@H]21. The van der Waals surface area contributed by atoms with Crippen LogP contribution in [-0.2, 0) is 22.6 Å². The second kappa shape index (κ2) is 9.65. The van der Waals surface area contributed by atoms with Gasteiger partial charge < -0.3 is 29.4 Å². The third-order valence-corrected chi connectivity index (χ3v) is 6.57. The number of ether oxygens (including phenoxy) is 2. The molecule has 10 heteroatoms. The van der Waals surface area contributed by atoms with E-state index in [1.807, 2.05) is 12.1 Å². The number of aryl methyl sites for hydroxylation is 2. The lowest BCUT2D eigenvalue weighted by Gasteiger charge is -2.21. The molecule has 0 unspecified atom stereocenters. The van der Waals surface area contributed by atoms with E-state index in [2.05, 4.69) is 15.5 Å². The van der Waals surface area contributed by atoms with Crippen molar-refractivity contribution < 1.29 is 24.2 Å². The maximum Gasteiger partial charge on any atom is 0.224 e. The van der Waals surface area contributed by atoms with Crippen molar-refractivity contribution in [2.45, 2.75) is 37.8 Å². The van der Waals surface area contributed by atoms with E-state index in [1.165, 1.54) is 0 Å². The van der Waals surface area contributed by atoms with Crippen LogP contribution in [0, 0.1) is 0 Å². The van der Waals surface area contributed by atoms with Gasteiger partial charge in [0.2, 0.25) is 11.8 Å². The van der Waals surface area contributed by atoms with Crippen LogP contribution in [0.25, 0.3) is 0 Å². The van der Waals surface area contributed by atoms with Gasteiger partial charge in [-0.3, -0.25) is 9.59 Å². The molecule has 4 bridgehead atoms. The minimum Gasteiger partial charge on any atom is -0.504 e. The molecular weight excluding hydrogens is 450 g/mol. The van der Waals surface area contributed by atoms with Gasteiger partial charge in [-0.15, -0.1) is 10.2 Å². The van der Waals surface area contributed by atoms with Crippen LogP contribution >= 0.6 is 0 Å². The summed E-state index contributed by atoms with van der Waals surface area (Å²) in [5.41, 5.74) is 1.78. The number of hydrogen-bond acceptors (Lipinski definition) is 7. The van der Waals surface area contributed by atoms with Crippen LogP contribution in [0.2, 0.25) is 0 Å². The van der Waals surface area contributed by atoms with Crippen LogP contribution in [0.15, 0.2) is 49.1 Å². The van der Waals surface area contributed by atoms with Crippen LogP contribution in [-0.4, -0.2) is 62.8 Å². The van der Waals surface area contributed by atoms with E-state index in [9.17, 15) is 14.7 Å². The number of likely N-dealkylation sites (tertiary alicyclic amines) is 1. The van der Waals surface area contributed by atoms with E-state index in [4.69, 9.17) is 9.47 Å². The van der Waals surface area contributed by atoms with Gasteiger partial charge in [-0.2, -0.15) is 0 Å². The van der Waals surface area contributed by atoms with Gasteiger partial charge in [0.15, 0.2) is 23.0 Å². The summed E-state index contributed by atoms with van der Waals surface area (Å²) in [6, 6.07) is 10.4. The van der Waals surface area contributed by atoms with Crippen molar-refractivity contribution in [2.75, 3.05) is 20.2 Å². The van der Waals surface area contributed by atoms with E-state index in [1.54, 1.807) is 53.5 Å². The minimum atomic E-state index is -0.236. The zero-order valence-electron chi connectivity index (χ0n) is 19.4. The topological polar surface area (TPSA) is 119 Å². The lowest BCUT2D eigenvalue weighted by atomic mass is 9.93. The summed E-state index contributed by atoms with van der Waals surface area (Å²) in [6.45, 7) is 1.39. The molecule has 1 fully saturated rings. The highest BCUT2D eigenvalue weighted by Crippen LogP contribution is 2.40. The molecule has 2 aromatic carbocycles. The number of phenolic OH excluding ortho intramolecular Hbond substituents is 1. The molecule has 0 radical (unpaired) electrons. The summed E-state index contributed by atoms with van der Waals surface area (Å²) in [4.78, 5) is 27.6. The van der Waals surface area contributed by atoms with Crippen LogP contribution < -0.4 is 14.8 Å². The second-order valence-electron chi connectivity index (χ2n) is 8.84. The van der Waals surface area contributed by atoms with Gasteiger partial charge in [0.1, 0.15) is 12.7 Å². The zero-order valence-corrected chi connectivity index (χ0v) is 19.4. The molecule has 2 aliphatic rings. The first-order valence-corrected chi connectivity index (χ1v) is 11.6. The van der Waals surface area contributed by atoms with Crippen molar-refractivity contribution in [3.05, 3.63) is 60.2 Å². The molecule has 1 aromatic heterocycles. The molecule has 0 aliphatic carbocycles. The standard InChI is InChI=1S/C25H27N5O5/c1-34-21-6-4-17-11-23(21)35-22-10-16(2-5-20(22)31)3-7-24(32)28-19-13-30(12-18(17)19)25(33)8-9-29-14-26-27-15-29/h2,4-6,10-11,14-15,18-19,31H,3,7-9,12-13H2,1H3,(H,28,32)/t18-,19+/m0/s1. The Bertz CT molecular complexity index is 1230. The predicted octanol–water partition coefficient (Wildman–Crippen LogP) is 2.23. The lowest BCUT2D eigenvalue weighted by Crippen LogP contribution is -2.40. The highest BCUT2D eigenvalue weighted by Gasteiger charge is 2.37. The molecular formula is C25H27N5O5. The van der Waals surface area contributed by atoms with E-state index in [-0.39, 0.29) is 35.9 Å². The molecule has 5 rings (SSSR count). The van der Waals surface area contributed by atoms with Crippen molar-refractivity contribution in [2.24, 2.45) is 0 Å². The number of rotatable bonds is 4. The predicted molar refractivity (Wildman–Crippen MR) is 125 cm³/mol. The fourth-order valence-electron chi connectivity index (χ4n) is 4.67. The van der Waals surface area contributed by atoms with E-state index < -0.39 is 0 Å². The monoisotopic (exact) mass is 477 g/mol. The number of amides is 2. The summed E-state index contributed by atoms with van der Waals surface area (Å²) >= 11 is 0. The Morgan fingerprint density at radius 3 is 2.77 bits per heavy atom. The van der Waals surface area contributed by atoms with Gasteiger partial charge in [-0.1, -0.05) is 12.1 Å². The largest absolute Gasteiger partial charge is 0.504 e. The number of benzene rings is 2. The highest BCUT2D eigenvalue weighted by molar-refractivity contribution is 5.79. The fourth-order valence-corrected chi connectivity index (χ4v) is 4.67. The molecule has 0 spiro atoms. The van der Waals surface area contributed by atoms with Crippen LogP contribution in [0.1, 0.15) is 29.9 Å². The van der Waals surface area contributed by atoms with E-state index in [0.29, 0.717) is 49.7 Å². The number of hydrogen-bond donors (Lipinski definition) is 2. The van der Waals surface area contributed by atoms with Crippen molar-refractivity contribution in [1.82, 2.24) is 25.0 Å². The third kappa shape index (κ3) is 4.91. The van der Waals surface area contributed by atoms with Gasteiger partial charge >= 0.3 is 0 Å². The lowest BCUT2D eigenvalue weighted by molar-refractivity contribution is -0.130. The van der Waals surface area contributed by atoms with Crippen LogP contribution in [0.5, 0.6) is 23.0 Å². The summed E-state index contributed by atoms with van der Waals surface area (Å²) in [5.74, 6) is 1.08. The molecule has 182 valence electrons. The smallest absolute Gasteiger partial charge is 0.224 e. The highest BCUT2D eigenvalue weighted by atomic mass is 16.5. The van der Waals surface area contributed by atoms with E-state index in [0.717, 1.165) is 11.1 Å².